The zero-order valence-corrected chi connectivity index (χ0v) is 11.7. The minimum Gasteiger partial charge on any atom is -0.378 e. The van der Waals surface area contributed by atoms with E-state index in [1.54, 1.807) is 17.1 Å². The lowest BCUT2D eigenvalue weighted by Crippen LogP contribution is -2.39. The molecule has 100 valence electrons. The molecule has 0 atom stereocenters. The van der Waals surface area contributed by atoms with Crippen LogP contribution in [0.3, 0.4) is 0 Å². The fraction of sp³-hybridized carbons (Fsp3) is 0.333. The van der Waals surface area contributed by atoms with E-state index in [0.717, 1.165) is 10.7 Å². The third-order valence-corrected chi connectivity index (χ3v) is 4.00. The molecule has 1 aliphatic rings. The third-order valence-electron chi connectivity index (χ3n) is 2.96. The normalized spacial score (nSPS) is 16.6. The lowest BCUT2D eigenvalue weighted by Gasteiger charge is -2.25. The first-order valence-corrected chi connectivity index (χ1v) is 7.17. The van der Waals surface area contributed by atoms with Gasteiger partial charge in [-0.1, -0.05) is 11.6 Å². The number of ether oxygens (including phenoxy) is 1. The van der Waals surface area contributed by atoms with Gasteiger partial charge in [-0.2, -0.15) is 0 Å². The van der Waals surface area contributed by atoms with Crippen LogP contribution in [0.5, 0.6) is 0 Å². The van der Waals surface area contributed by atoms with Crippen molar-refractivity contribution in [1.29, 1.82) is 0 Å². The number of thiazole rings is 1. The first kappa shape index (κ1) is 12.7. The second kappa shape index (κ2) is 5.32. The molecule has 0 spiro atoms. The maximum atomic E-state index is 12.0. The van der Waals surface area contributed by atoms with Crippen LogP contribution >= 0.6 is 22.9 Å². The van der Waals surface area contributed by atoms with E-state index < -0.39 is 0 Å². The summed E-state index contributed by atoms with van der Waals surface area (Å²) >= 11 is 7.56. The largest absolute Gasteiger partial charge is 0.378 e. The highest BCUT2D eigenvalue weighted by atomic mass is 35.5. The van der Waals surface area contributed by atoms with Gasteiger partial charge in [0.05, 0.1) is 18.9 Å². The quantitative estimate of drug-likeness (QED) is 0.796. The summed E-state index contributed by atoms with van der Waals surface area (Å²) in [6.07, 6.45) is 5.14. The molecule has 0 radical (unpaired) electrons. The van der Waals surface area contributed by atoms with Gasteiger partial charge in [-0.3, -0.25) is 9.20 Å². The van der Waals surface area contributed by atoms with Gasteiger partial charge >= 0.3 is 0 Å². The molecule has 2 aromatic rings. The predicted octanol–water partition coefficient (Wildman–Crippen LogP) is 1.92. The zero-order valence-electron chi connectivity index (χ0n) is 10.1. The molecule has 0 aliphatic carbocycles. The van der Waals surface area contributed by atoms with Gasteiger partial charge in [0, 0.05) is 30.7 Å². The lowest BCUT2D eigenvalue weighted by atomic mass is 10.3. The summed E-state index contributed by atoms with van der Waals surface area (Å²) in [4.78, 5) is 18.8. The number of rotatable bonds is 2. The highest BCUT2D eigenvalue weighted by molar-refractivity contribution is 7.15. The van der Waals surface area contributed by atoms with Gasteiger partial charge in [-0.05, 0) is 6.08 Å². The number of carbonyl (C=O) groups is 1. The third kappa shape index (κ3) is 2.51. The number of imidazole rings is 1. The van der Waals surface area contributed by atoms with Crippen molar-refractivity contribution in [1.82, 2.24) is 14.3 Å². The molecule has 1 saturated heterocycles. The Bertz CT molecular complexity index is 628. The van der Waals surface area contributed by atoms with Crippen LogP contribution in [0.25, 0.3) is 11.0 Å². The summed E-state index contributed by atoms with van der Waals surface area (Å²) in [5.74, 6) is -0.0236. The molecule has 3 rings (SSSR count). The number of halogens is 1. The zero-order chi connectivity index (χ0) is 13.2. The maximum Gasteiger partial charge on any atom is 0.246 e. The van der Waals surface area contributed by atoms with Gasteiger partial charge in [-0.15, -0.1) is 11.3 Å². The fourth-order valence-corrected chi connectivity index (χ4v) is 2.97. The van der Waals surface area contributed by atoms with Gasteiger partial charge in [0.25, 0.3) is 0 Å². The van der Waals surface area contributed by atoms with Gasteiger partial charge in [0.1, 0.15) is 0 Å². The molecule has 1 amide bonds. The van der Waals surface area contributed by atoms with E-state index in [2.05, 4.69) is 4.98 Å². The van der Waals surface area contributed by atoms with E-state index in [1.807, 2.05) is 16.0 Å². The molecule has 3 heterocycles. The SMILES string of the molecule is O=C(/C=C/c1c(Cl)nc2sccn12)N1CCOCC1. The van der Waals surface area contributed by atoms with E-state index in [-0.39, 0.29) is 5.91 Å². The monoisotopic (exact) mass is 297 g/mol. The smallest absolute Gasteiger partial charge is 0.246 e. The Morgan fingerprint density at radius 1 is 1.47 bits per heavy atom. The molecule has 5 nitrogen and oxygen atoms in total. The van der Waals surface area contributed by atoms with Crippen molar-refractivity contribution < 1.29 is 9.53 Å². The molecule has 0 unspecified atom stereocenters. The Kier molecular flexibility index (Phi) is 3.54. The summed E-state index contributed by atoms with van der Waals surface area (Å²) in [7, 11) is 0. The van der Waals surface area contributed by atoms with Crippen molar-refractivity contribution in [3.8, 4) is 0 Å². The Hall–Kier alpha value is -1.37. The topological polar surface area (TPSA) is 46.8 Å². The van der Waals surface area contributed by atoms with Crippen LogP contribution in [0.1, 0.15) is 5.69 Å². The minimum atomic E-state index is -0.0236. The van der Waals surface area contributed by atoms with Crippen molar-refractivity contribution in [3.63, 3.8) is 0 Å². The highest BCUT2D eigenvalue weighted by Crippen LogP contribution is 2.22. The summed E-state index contributed by atoms with van der Waals surface area (Å²) in [5.41, 5.74) is 0.736. The Morgan fingerprint density at radius 2 is 2.26 bits per heavy atom. The van der Waals surface area contributed by atoms with Crippen LogP contribution in [-0.4, -0.2) is 46.5 Å². The second-order valence-corrected chi connectivity index (χ2v) is 5.35. The number of carbonyl (C=O) groups excluding carboxylic acids is 1. The van der Waals surface area contributed by atoms with Crippen LogP contribution in [0.15, 0.2) is 17.7 Å². The first-order valence-electron chi connectivity index (χ1n) is 5.91. The molecule has 2 aromatic heterocycles. The number of morpholine rings is 1. The standard InChI is InChI=1S/C12H12ClN3O2S/c13-11-9(16-5-8-19-12(16)14-11)1-2-10(17)15-3-6-18-7-4-15/h1-2,5,8H,3-4,6-7H2/b2-1+. The number of fused-ring (bicyclic) bond motifs is 1. The number of nitrogens with zero attached hydrogens (tertiary/aromatic N) is 3. The van der Waals surface area contributed by atoms with Crippen molar-refractivity contribution >= 4 is 39.9 Å². The van der Waals surface area contributed by atoms with Gasteiger partial charge < -0.3 is 9.64 Å². The average Bonchev–Trinajstić information content (AvgIpc) is 2.98. The summed E-state index contributed by atoms with van der Waals surface area (Å²) in [6.45, 7) is 2.47. The molecule has 0 N–H and O–H groups in total. The predicted molar refractivity (Wildman–Crippen MR) is 74.5 cm³/mol. The van der Waals surface area contributed by atoms with Gasteiger partial charge in [-0.25, -0.2) is 4.98 Å². The Balaban J connectivity index is 1.79. The van der Waals surface area contributed by atoms with E-state index in [1.165, 1.54) is 11.3 Å². The van der Waals surface area contributed by atoms with E-state index in [0.29, 0.717) is 31.5 Å². The van der Waals surface area contributed by atoms with E-state index in [4.69, 9.17) is 16.3 Å². The molecular weight excluding hydrogens is 286 g/mol. The van der Waals surface area contributed by atoms with Crippen LogP contribution in [0, 0.1) is 0 Å². The summed E-state index contributed by atoms with van der Waals surface area (Å²) in [6, 6.07) is 0. The molecule has 7 heteroatoms. The van der Waals surface area contributed by atoms with Crippen molar-refractivity contribution in [2.24, 2.45) is 0 Å². The summed E-state index contributed by atoms with van der Waals surface area (Å²) < 4.78 is 7.09. The molecule has 1 aliphatic heterocycles. The maximum absolute atomic E-state index is 12.0. The molecule has 1 fully saturated rings. The van der Waals surface area contributed by atoms with Crippen LogP contribution in [0.4, 0.5) is 0 Å². The average molecular weight is 298 g/mol. The lowest BCUT2D eigenvalue weighted by molar-refractivity contribution is -0.129. The van der Waals surface area contributed by atoms with E-state index in [9.17, 15) is 4.79 Å². The molecule has 19 heavy (non-hydrogen) atoms. The van der Waals surface area contributed by atoms with Gasteiger partial charge in [0.15, 0.2) is 10.1 Å². The first-order chi connectivity index (χ1) is 9.25. The van der Waals surface area contributed by atoms with Crippen LogP contribution < -0.4 is 0 Å². The number of hydrogen-bond donors (Lipinski definition) is 0. The Labute approximate surface area is 119 Å². The van der Waals surface area contributed by atoms with Crippen LogP contribution in [0.2, 0.25) is 5.15 Å². The molecule has 0 aromatic carbocycles. The summed E-state index contributed by atoms with van der Waals surface area (Å²) in [5, 5.41) is 2.35. The fourth-order valence-electron chi connectivity index (χ4n) is 1.97. The minimum absolute atomic E-state index is 0.0236. The van der Waals surface area contributed by atoms with Crippen LogP contribution in [-0.2, 0) is 9.53 Å². The van der Waals surface area contributed by atoms with Crippen molar-refractivity contribution in [2.45, 2.75) is 0 Å². The van der Waals surface area contributed by atoms with Gasteiger partial charge in [0.2, 0.25) is 5.91 Å². The second-order valence-electron chi connectivity index (χ2n) is 4.11. The number of aromatic nitrogens is 2. The molecule has 0 bridgehead atoms. The van der Waals surface area contributed by atoms with E-state index >= 15 is 0 Å². The highest BCUT2D eigenvalue weighted by Gasteiger charge is 2.15. The molecular formula is C12H12ClN3O2S. The number of hydrogen-bond acceptors (Lipinski definition) is 4. The molecule has 0 saturated carbocycles. The van der Waals surface area contributed by atoms with Crippen molar-refractivity contribution in [3.05, 3.63) is 28.5 Å². The number of amides is 1. The van der Waals surface area contributed by atoms with Crippen molar-refractivity contribution in [2.75, 3.05) is 26.3 Å². The Morgan fingerprint density at radius 3 is 3.05 bits per heavy atom.